The lowest BCUT2D eigenvalue weighted by Crippen LogP contribution is -2.39. The van der Waals surface area contributed by atoms with Gasteiger partial charge in [0.1, 0.15) is 0 Å². The van der Waals surface area contributed by atoms with Gasteiger partial charge in [-0.3, -0.25) is 4.79 Å². The van der Waals surface area contributed by atoms with E-state index >= 15 is 0 Å². The second-order valence-corrected chi connectivity index (χ2v) is 8.70. The quantitative estimate of drug-likeness (QED) is 0.569. The number of carbonyl (C=O) groups is 1. The SMILES string of the molecule is CCSc1ccccc1C(=O)N1CCC[C@H](c2nnc(-c3cccs3)o2)C1. The number of rotatable bonds is 5. The largest absolute Gasteiger partial charge is 0.420 e. The summed E-state index contributed by atoms with van der Waals surface area (Å²) in [5.74, 6) is 2.32. The predicted molar refractivity (Wildman–Crippen MR) is 108 cm³/mol. The van der Waals surface area contributed by atoms with E-state index in [1.165, 1.54) is 0 Å². The number of amides is 1. The first-order valence-electron chi connectivity index (χ1n) is 9.14. The average Bonchev–Trinajstić information content (AvgIpc) is 3.40. The van der Waals surface area contributed by atoms with E-state index in [0.717, 1.165) is 40.5 Å². The predicted octanol–water partition coefficient (Wildman–Crippen LogP) is 4.93. The smallest absolute Gasteiger partial charge is 0.257 e. The zero-order chi connectivity index (χ0) is 18.6. The Morgan fingerprint density at radius 1 is 1.30 bits per heavy atom. The maximum absolute atomic E-state index is 13.1. The van der Waals surface area contributed by atoms with E-state index < -0.39 is 0 Å². The highest BCUT2D eigenvalue weighted by atomic mass is 32.2. The van der Waals surface area contributed by atoms with Crippen LogP contribution in [0.5, 0.6) is 0 Å². The summed E-state index contributed by atoms with van der Waals surface area (Å²) < 4.78 is 5.91. The van der Waals surface area contributed by atoms with Crippen LogP contribution in [0.15, 0.2) is 51.1 Å². The van der Waals surface area contributed by atoms with Crippen molar-refractivity contribution in [2.75, 3.05) is 18.8 Å². The molecule has 0 saturated carbocycles. The molecule has 0 radical (unpaired) electrons. The minimum absolute atomic E-state index is 0.0919. The molecule has 1 aliphatic rings. The van der Waals surface area contributed by atoms with Gasteiger partial charge in [-0.05, 0) is 42.2 Å². The third-order valence-electron chi connectivity index (χ3n) is 4.65. The molecule has 0 spiro atoms. The summed E-state index contributed by atoms with van der Waals surface area (Å²) in [6.45, 7) is 3.49. The van der Waals surface area contributed by atoms with Crippen molar-refractivity contribution >= 4 is 29.0 Å². The van der Waals surface area contributed by atoms with Crippen molar-refractivity contribution < 1.29 is 9.21 Å². The van der Waals surface area contributed by atoms with E-state index in [9.17, 15) is 4.79 Å². The molecule has 3 heterocycles. The molecule has 3 aromatic rings. The third kappa shape index (κ3) is 3.94. The van der Waals surface area contributed by atoms with Gasteiger partial charge in [0.25, 0.3) is 11.8 Å². The number of nitrogens with zero attached hydrogens (tertiary/aromatic N) is 3. The van der Waals surface area contributed by atoms with E-state index in [1.807, 2.05) is 46.7 Å². The lowest BCUT2D eigenvalue weighted by molar-refractivity contribution is 0.0695. The number of likely N-dealkylation sites (tertiary alicyclic amines) is 1. The van der Waals surface area contributed by atoms with Crippen molar-refractivity contribution in [3.8, 4) is 10.8 Å². The summed E-state index contributed by atoms with van der Waals surface area (Å²) in [7, 11) is 0. The van der Waals surface area contributed by atoms with Crippen LogP contribution in [0.4, 0.5) is 0 Å². The molecule has 0 unspecified atom stereocenters. The molecule has 1 aromatic carbocycles. The fourth-order valence-electron chi connectivity index (χ4n) is 3.36. The first-order valence-corrected chi connectivity index (χ1v) is 11.0. The molecule has 1 aliphatic heterocycles. The number of hydrogen-bond acceptors (Lipinski definition) is 6. The number of benzene rings is 1. The van der Waals surface area contributed by atoms with Crippen LogP contribution in [-0.2, 0) is 0 Å². The van der Waals surface area contributed by atoms with Gasteiger partial charge in [0.15, 0.2) is 0 Å². The summed E-state index contributed by atoms with van der Waals surface area (Å²) in [5, 5.41) is 10.4. The van der Waals surface area contributed by atoms with Crippen LogP contribution in [0, 0.1) is 0 Å². The maximum atomic E-state index is 13.1. The van der Waals surface area contributed by atoms with E-state index in [-0.39, 0.29) is 11.8 Å². The first kappa shape index (κ1) is 18.3. The van der Waals surface area contributed by atoms with Gasteiger partial charge in [-0.1, -0.05) is 25.1 Å². The number of thioether (sulfide) groups is 1. The van der Waals surface area contributed by atoms with Crippen LogP contribution in [0.25, 0.3) is 10.8 Å². The molecule has 0 bridgehead atoms. The number of aromatic nitrogens is 2. The summed E-state index contributed by atoms with van der Waals surface area (Å²) in [5.41, 5.74) is 0.787. The number of thiophene rings is 1. The molecule has 5 nitrogen and oxygen atoms in total. The Labute approximate surface area is 166 Å². The lowest BCUT2D eigenvalue weighted by Gasteiger charge is -2.31. The van der Waals surface area contributed by atoms with Crippen molar-refractivity contribution in [2.24, 2.45) is 0 Å². The van der Waals surface area contributed by atoms with Crippen molar-refractivity contribution in [1.82, 2.24) is 15.1 Å². The van der Waals surface area contributed by atoms with Crippen LogP contribution >= 0.6 is 23.1 Å². The normalized spacial score (nSPS) is 17.2. The number of piperidine rings is 1. The molecular weight excluding hydrogens is 378 g/mol. The molecule has 1 atom stereocenters. The van der Waals surface area contributed by atoms with Crippen molar-refractivity contribution in [2.45, 2.75) is 30.6 Å². The summed E-state index contributed by atoms with van der Waals surface area (Å²) in [6, 6.07) is 11.8. The zero-order valence-corrected chi connectivity index (χ0v) is 16.8. The fraction of sp³-hybridized carbons (Fsp3) is 0.350. The Hall–Kier alpha value is -2.12. The molecular formula is C20H21N3O2S2. The van der Waals surface area contributed by atoms with Gasteiger partial charge >= 0.3 is 0 Å². The van der Waals surface area contributed by atoms with Crippen molar-refractivity contribution in [3.05, 3.63) is 53.2 Å². The van der Waals surface area contributed by atoms with E-state index in [2.05, 4.69) is 17.1 Å². The van der Waals surface area contributed by atoms with Gasteiger partial charge in [-0.25, -0.2) is 0 Å². The molecule has 4 rings (SSSR count). The van der Waals surface area contributed by atoms with Crippen molar-refractivity contribution in [1.29, 1.82) is 0 Å². The summed E-state index contributed by atoms with van der Waals surface area (Å²) >= 11 is 3.29. The summed E-state index contributed by atoms with van der Waals surface area (Å²) in [4.78, 5) is 17.1. The van der Waals surface area contributed by atoms with E-state index in [0.29, 0.717) is 18.3 Å². The van der Waals surface area contributed by atoms with Crippen LogP contribution in [-0.4, -0.2) is 39.8 Å². The highest BCUT2D eigenvalue weighted by molar-refractivity contribution is 7.99. The Morgan fingerprint density at radius 3 is 3.00 bits per heavy atom. The zero-order valence-electron chi connectivity index (χ0n) is 15.1. The molecule has 0 N–H and O–H groups in total. The van der Waals surface area contributed by atoms with E-state index in [4.69, 9.17) is 4.42 Å². The molecule has 1 saturated heterocycles. The Balaban J connectivity index is 1.51. The van der Waals surface area contributed by atoms with Gasteiger partial charge in [-0.15, -0.1) is 33.3 Å². The second kappa shape index (κ2) is 8.27. The minimum Gasteiger partial charge on any atom is -0.420 e. The van der Waals surface area contributed by atoms with Crippen molar-refractivity contribution in [3.63, 3.8) is 0 Å². The minimum atomic E-state index is 0.0919. The molecule has 2 aromatic heterocycles. The molecule has 1 amide bonds. The number of carbonyl (C=O) groups excluding carboxylic acids is 1. The Morgan fingerprint density at radius 2 is 2.19 bits per heavy atom. The highest BCUT2D eigenvalue weighted by Gasteiger charge is 2.30. The van der Waals surface area contributed by atoms with E-state index in [1.54, 1.807) is 23.1 Å². The van der Waals surface area contributed by atoms with Crippen LogP contribution in [0.1, 0.15) is 41.9 Å². The molecule has 1 fully saturated rings. The Bertz CT molecular complexity index is 908. The Kier molecular flexibility index (Phi) is 5.59. The lowest BCUT2D eigenvalue weighted by atomic mass is 9.97. The van der Waals surface area contributed by atoms with Gasteiger partial charge in [0.05, 0.1) is 16.4 Å². The van der Waals surface area contributed by atoms with Crippen LogP contribution < -0.4 is 0 Å². The topological polar surface area (TPSA) is 59.2 Å². The number of hydrogen-bond donors (Lipinski definition) is 0. The van der Waals surface area contributed by atoms with Gasteiger partial charge in [0.2, 0.25) is 5.89 Å². The standard InChI is InChI=1S/C20H21N3O2S2/c1-2-26-16-9-4-3-8-15(16)20(24)23-11-5-7-14(13-23)18-21-22-19(25-18)17-10-6-12-27-17/h3-4,6,8-10,12,14H,2,5,7,11,13H2,1H3/t14-/m0/s1. The van der Waals surface area contributed by atoms with Gasteiger partial charge in [0, 0.05) is 18.0 Å². The molecule has 27 heavy (non-hydrogen) atoms. The van der Waals surface area contributed by atoms with Crippen LogP contribution in [0.3, 0.4) is 0 Å². The van der Waals surface area contributed by atoms with Gasteiger partial charge < -0.3 is 9.32 Å². The fourth-order valence-corrected chi connectivity index (χ4v) is 4.80. The molecule has 7 heteroatoms. The first-order chi connectivity index (χ1) is 13.3. The summed E-state index contributed by atoms with van der Waals surface area (Å²) in [6.07, 6.45) is 1.90. The highest BCUT2D eigenvalue weighted by Crippen LogP contribution is 2.31. The average molecular weight is 400 g/mol. The van der Waals surface area contributed by atoms with Crippen LogP contribution in [0.2, 0.25) is 0 Å². The molecule has 0 aliphatic carbocycles. The molecule has 140 valence electrons. The maximum Gasteiger partial charge on any atom is 0.257 e. The monoisotopic (exact) mass is 399 g/mol. The third-order valence-corrected chi connectivity index (χ3v) is 6.46. The second-order valence-electron chi connectivity index (χ2n) is 6.44. The van der Waals surface area contributed by atoms with Gasteiger partial charge in [-0.2, -0.15) is 0 Å².